The summed E-state index contributed by atoms with van der Waals surface area (Å²) in [6, 6.07) is -1.20. The van der Waals surface area contributed by atoms with Gasteiger partial charge in [0, 0.05) is 23.8 Å². The Labute approximate surface area is 402 Å². The number of esters is 2. The highest BCUT2D eigenvalue weighted by Crippen LogP contribution is 2.43. The van der Waals surface area contributed by atoms with Gasteiger partial charge in [0.25, 0.3) is 0 Å². The maximum atomic E-state index is 13.2. The molecule has 0 radical (unpaired) electrons. The number of aliphatic hydroxyl groups is 1. The van der Waals surface area contributed by atoms with Crippen molar-refractivity contribution >= 4 is 37.5 Å². The lowest BCUT2D eigenvalue weighted by Crippen LogP contribution is -2.40. The summed E-state index contributed by atoms with van der Waals surface area (Å²) in [4.78, 5) is 47.3. The second-order valence-corrected chi connectivity index (χ2v) is 19.7. The number of ether oxygens (including phenoxy) is 2. The minimum atomic E-state index is -4.56. The molecule has 0 aliphatic rings. The van der Waals surface area contributed by atoms with E-state index in [2.05, 4.69) is 62.5 Å². The van der Waals surface area contributed by atoms with Crippen LogP contribution in [0.25, 0.3) is 0 Å². The van der Waals surface area contributed by atoms with E-state index in [0.29, 0.717) is 23.9 Å². The first kappa shape index (κ1) is 62.7. The van der Waals surface area contributed by atoms with Gasteiger partial charge in [-0.3, -0.25) is 23.4 Å². The molecule has 13 nitrogen and oxygen atoms in total. The van der Waals surface area contributed by atoms with E-state index in [1.807, 2.05) is 57.6 Å². The van der Waals surface area contributed by atoms with Crippen LogP contribution in [0, 0.1) is 0 Å². The van der Waals surface area contributed by atoms with Crippen LogP contribution in [0.4, 0.5) is 0 Å². The highest BCUT2D eigenvalue weighted by molar-refractivity contribution is 8.00. The molecule has 1 unspecified atom stereocenters. The van der Waals surface area contributed by atoms with Crippen molar-refractivity contribution in [3.8, 4) is 0 Å². The highest BCUT2D eigenvalue weighted by Gasteiger charge is 2.29. The van der Waals surface area contributed by atoms with Crippen LogP contribution >= 0.6 is 19.6 Å². The summed E-state index contributed by atoms with van der Waals surface area (Å²) >= 11 is 1.20. The molecule has 66 heavy (non-hydrogen) atoms. The van der Waals surface area contributed by atoms with Crippen LogP contribution in [0.1, 0.15) is 129 Å². The molecule has 0 rings (SSSR count). The molecule has 376 valence electrons. The molecule has 0 fully saturated rings. The molecule has 0 heterocycles. The van der Waals surface area contributed by atoms with Gasteiger partial charge in [-0.1, -0.05) is 137 Å². The summed E-state index contributed by atoms with van der Waals surface area (Å²) in [5, 5.41) is 19.5. The highest BCUT2D eigenvalue weighted by atomic mass is 32.2. The van der Waals surface area contributed by atoms with E-state index < -0.39 is 62.4 Å². The molecular formula is C51H86N2O11PS+. The van der Waals surface area contributed by atoms with Crippen LogP contribution in [0.15, 0.2) is 97.2 Å². The molecule has 0 saturated carbocycles. The minimum Gasteiger partial charge on any atom is -0.481 e. The average Bonchev–Trinajstić information content (AvgIpc) is 3.26. The number of hydrogen-bond donors (Lipinski definition) is 4. The molecule has 0 aliphatic heterocycles. The number of carbonyl (C=O) groups is 3. The van der Waals surface area contributed by atoms with Gasteiger partial charge < -0.3 is 34.8 Å². The van der Waals surface area contributed by atoms with E-state index in [4.69, 9.17) is 29.4 Å². The second-order valence-electron chi connectivity index (χ2n) is 17.0. The third-order valence-corrected chi connectivity index (χ3v) is 12.0. The number of carbonyl (C=O) groups excluding carboxylic acids is 2. The Morgan fingerprint density at radius 3 is 1.80 bits per heavy atom. The van der Waals surface area contributed by atoms with Crippen LogP contribution in [0.2, 0.25) is 0 Å². The predicted molar refractivity (Wildman–Crippen MR) is 271 cm³/mol. The summed E-state index contributed by atoms with van der Waals surface area (Å²) in [5.74, 6) is -2.37. The van der Waals surface area contributed by atoms with E-state index in [-0.39, 0.29) is 38.0 Å². The van der Waals surface area contributed by atoms with Crippen molar-refractivity contribution in [3.63, 3.8) is 0 Å². The number of carboxylic acid groups (broad SMARTS) is 1. The number of quaternary nitrogens is 1. The molecular weight excluding hydrogens is 880 g/mol. The first-order valence-electron chi connectivity index (χ1n) is 23.9. The van der Waals surface area contributed by atoms with E-state index in [1.165, 1.54) is 50.3 Å². The lowest BCUT2D eigenvalue weighted by atomic mass is 10.1. The van der Waals surface area contributed by atoms with Crippen molar-refractivity contribution in [2.45, 2.75) is 153 Å². The molecule has 0 aromatic heterocycles. The summed E-state index contributed by atoms with van der Waals surface area (Å²) in [7, 11) is 1.13. The van der Waals surface area contributed by atoms with Crippen molar-refractivity contribution in [2.24, 2.45) is 5.73 Å². The van der Waals surface area contributed by atoms with E-state index in [9.17, 15) is 28.9 Å². The van der Waals surface area contributed by atoms with E-state index in [1.54, 1.807) is 12.2 Å². The smallest absolute Gasteiger partial charge is 0.472 e. The number of likely N-dealkylation sites (N-methyl/N-ethyl adjacent to an activating group) is 1. The molecule has 0 amide bonds. The van der Waals surface area contributed by atoms with Crippen LogP contribution in [0.3, 0.4) is 0 Å². The molecule has 15 heteroatoms. The van der Waals surface area contributed by atoms with Gasteiger partial charge in [0.1, 0.15) is 25.8 Å². The third kappa shape index (κ3) is 42.1. The quantitative estimate of drug-likeness (QED) is 0.0113. The lowest BCUT2D eigenvalue weighted by Gasteiger charge is -2.25. The standard InChI is InChI=1S/C51H85N2O11PS/c1-6-8-10-12-14-16-18-20-21-22-23-24-26-28-30-32-34-39-50(57)61-42-45(43-63-65(59,60)62-41-40-53(3,4)5)64-51(58)46(52)44-66-48(47(54)36-35-38-49(55)56)37-33-31-29-27-25-19-17-15-13-11-9-7-2/h14-17,20-21,23-25,27-31,33,37,45-48,54H,6-13,18-19,22,26,32,34-36,38-44,52H2,1-5H3,(H-,55,56,59,60)/p+1/b16-14-,17-15-,21-20-,24-23-,27-25-,30-28-,31-29+,37-33+/t45-,46+,47+,48-/m1/s1. The maximum Gasteiger partial charge on any atom is 0.472 e. The van der Waals surface area contributed by atoms with Gasteiger partial charge in [0.05, 0.1) is 33.9 Å². The third-order valence-electron chi connectivity index (χ3n) is 9.59. The van der Waals surface area contributed by atoms with Gasteiger partial charge in [0.15, 0.2) is 6.10 Å². The largest absolute Gasteiger partial charge is 0.481 e. The Morgan fingerprint density at radius 1 is 0.697 bits per heavy atom. The number of aliphatic hydroxyl groups excluding tert-OH is 1. The Morgan fingerprint density at radius 2 is 1.24 bits per heavy atom. The predicted octanol–water partition coefficient (Wildman–Crippen LogP) is 10.7. The van der Waals surface area contributed by atoms with Crippen molar-refractivity contribution in [2.75, 3.05) is 53.3 Å². The molecule has 0 aromatic carbocycles. The van der Waals surface area contributed by atoms with Gasteiger partial charge in [-0.05, 0) is 77.0 Å². The number of rotatable bonds is 42. The molecule has 0 spiro atoms. The maximum absolute atomic E-state index is 13.2. The zero-order chi connectivity index (χ0) is 49.2. The fourth-order valence-corrected chi connectivity index (χ4v) is 7.53. The second kappa shape index (κ2) is 41.8. The summed E-state index contributed by atoms with van der Waals surface area (Å²) in [6.45, 7) is 3.69. The fraction of sp³-hybridized carbons (Fsp3) is 0.627. The van der Waals surface area contributed by atoms with Crippen molar-refractivity contribution in [1.29, 1.82) is 0 Å². The minimum absolute atomic E-state index is 0.00947. The summed E-state index contributed by atoms with van der Waals surface area (Å²) < 4.78 is 34.4. The van der Waals surface area contributed by atoms with Crippen LogP contribution < -0.4 is 5.73 Å². The number of carboxylic acids is 1. The SMILES string of the molecule is CCCCC/C=C\C\C=C/C=C/C=C/[C@@H](SC[C@H](N)C(=O)O[C@H](COC(=O)CCC/C=C\C/C=C\C/C=C\C/C=C\CCCCC)COP(=O)(O)OCC[N+](C)(C)C)[C@@H](O)CCCC(=O)O. The Hall–Kier alpha value is -3.33. The van der Waals surface area contributed by atoms with Gasteiger partial charge in [-0.25, -0.2) is 4.57 Å². The number of allylic oxidation sites excluding steroid dienone is 15. The summed E-state index contributed by atoms with van der Waals surface area (Å²) in [5.41, 5.74) is 6.24. The monoisotopic (exact) mass is 966 g/mol. The summed E-state index contributed by atoms with van der Waals surface area (Å²) in [6.07, 6.45) is 45.1. The zero-order valence-electron chi connectivity index (χ0n) is 40.8. The number of phosphoric ester groups is 1. The molecule has 0 saturated heterocycles. The van der Waals surface area contributed by atoms with Gasteiger partial charge >= 0.3 is 25.7 Å². The van der Waals surface area contributed by atoms with Crippen molar-refractivity contribution in [3.05, 3.63) is 97.2 Å². The topological polar surface area (TPSA) is 192 Å². The van der Waals surface area contributed by atoms with Crippen molar-refractivity contribution < 1.29 is 57.1 Å². The number of nitrogens with two attached hydrogens (primary N) is 1. The Kier molecular flexibility index (Phi) is 39.7. The van der Waals surface area contributed by atoms with Gasteiger partial charge in [-0.15, -0.1) is 11.8 Å². The van der Waals surface area contributed by atoms with Crippen LogP contribution in [0.5, 0.6) is 0 Å². The Balaban J connectivity index is 5.33. The fourth-order valence-electron chi connectivity index (χ4n) is 5.66. The number of phosphoric acid groups is 1. The zero-order valence-corrected chi connectivity index (χ0v) is 42.5. The Bertz CT molecular complexity index is 1570. The normalized spacial score (nSPS) is 15.6. The molecule has 5 N–H and O–H groups in total. The first-order valence-corrected chi connectivity index (χ1v) is 26.4. The van der Waals surface area contributed by atoms with Crippen LogP contribution in [-0.4, -0.2) is 114 Å². The molecule has 5 atom stereocenters. The van der Waals surface area contributed by atoms with Gasteiger partial charge in [0.2, 0.25) is 0 Å². The molecule has 0 aliphatic carbocycles. The van der Waals surface area contributed by atoms with Crippen molar-refractivity contribution in [1.82, 2.24) is 0 Å². The molecule has 0 bridgehead atoms. The number of hydrogen-bond acceptors (Lipinski definition) is 11. The lowest BCUT2D eigenvalue weighted by molar-refractivity contribution is -0.870. The van der Waals surface area contributed by atoms with E-state index in [0.717, 1.165) is 38.5 Å². The number of thioether (sulfide) groups is 1. The van der Waals surface area contributed by atoms with Crippen LogP contribution in [-0.2, 0) is 37.5 Å². The van der Waals surface area contributed by atoms with Gasteiger partial charge in [-0.2, -0.15) is 0 Å². The molecule has 0 aromatic rings. The number of unbranched alkanes of at least 4 members (excludes halogenated alkanes) is 7. The van der Waals surface area contributed by atoms with E-state index >= 15 is 0 Å². The number of nitrogens with zero attached hydrogens (tertiary/aromatic N) is 1. The average molecular weight is 966 g/mol. The number of aliphatic carboxylic acids is 1. The first-order chi connectivity index (χ1) is 31.6.